The van der Waals surface area contributed by atoms with Crippen molar-refractivity contribution in [1.29, 1.82) is 0 Å². The van der Waals surface area contributed by atoms with Crippen molar-refractivity contribution in [2.45, 2.75) is 44.9 Å². The first kappa shape index (κ1) is 21.0. The maximum Gasteiger partial charge on any atom is 0.274 e. The molecule has 1 saturated heterocycles. The molecule has 1 amide bonds. The molecule has 0 unspecified atom stereocenters. The van der Waals surface area contributed by atoms with Gasteiger partial charge in [0.2, 0.25) is 0 Å². The second kappa shape index (κ2) is 8.35. The Balaban J connectivity index is 1.22. The largest absolute Gasteiger partial charge is 0.497 e. The van der Waals surface area contributed by atoms with Crippen molar-refractivity contribution in [1.82, 2.24) is 19.7 Å². The third-order valence-electron chi connectivity index (χ3n) is 7.55. The zero-order valence-electron chi connectivity index (χ0n) is 19.8. The number of ether oxygens (including phenoxy) is 1. The van der Waals surface area contributed by atoms with E-state index in [9.17, 15) is 4.79 Å². The van der Waals surface area contributed by atoms with Gasteiger partial charge in [-0.25, -0.2) is 4.68 Å². The maximum absolute atomic E-state index is 13.6. The lowest BCUT2D eigenvalue weighted by Crippen LogP contribution is -2.38. The van der Waals surface area contributed by atoms with Crippen molar-refractivity contribution in [2.75, 3.05) is 20.2 Å². The van der Waals surface area contributed by atoms with E-state index in [1.54, 1.807) is 7.11 Å². The van der Waals surface area contributed by atoms with Gasteiger partial charge in [-0.2, -0.15) is 5.10 Å². The molecule has 1 fully saturated rings. The normalized spacial score (nSPS) is 16.2. The van der Waals surface area contributed by atoms with Crippen molar-refractivity contribution in [3.05, 3.63) is 76.7 Å². The highest BCUT2D eigenvalue weighted by Crippen LogP contribution is 2.36. The SMILES string of the molecule is COc1ccc2[nH]cc(C3CCN(C(=O)c4nn(-c5ccc(C)cc5)c5c4CCC5)CC3)c2c1. The summed E-state index contributed by atoms with van der Waals surface area (Å²) in [6.07, 6.45) is 7.05. The topological polar surface area (TPSA) is 63.1 Å². The highest BCUT2D eigenvalue weighted by molar-refractivity contribution is 5.94. The number of rotatable bonds is 4. The Kier molecular flexibility index (Phi) is 5.16. The summed E-state index contributed by atoms with van der Waals surface area (Å²) < 4.78 is 7.43. The lowest BCUT2D eigenvalue weighted by atomic mass is 9.89. The molecule has 6 nitrogen and oxygen atoms in total. The Labute approximate surface area is 199 Å². The van der Waals surface area contributed by atoms with Gasteiger partial charge in [0.05, 0.1) is 12.8 Å². The van der Waals surface area contributed by atoms with Crippen LogP contribution in [0.5, 0.6) is 5.75 Å². The van der Waals surface area contributed by atoms with Gasteiger partial charge in [0, 0.05) is 41.4 Å². The highest BCUT2D eigenvalue weighted by atomic mass is 16.5. The summed E-state index contributed by atoms with van der Waals surface area (Å²) in [6, 6.07) is 14.6. The molecular formula is C28H30N4O2. The van der Waals surface area contributed by atoms with Crippen LogP contribution in [-0.4, -0.2) is 45.8 Å². The molecule has 0 radical (unpaired) electrons. The van der Waals surface area contributed by atoms with E-state index in [4.69, 9.17) is 9.84 Å². The van der Waals surface area contributed by atoms with E-state index in [0.29, 0.717) is 11.6 Å². The molecule has 2 aromatic carbocycles. The monoisotopic (exact) mass is 454 g/mol. The number of aromatic nitrogens is 3. The number of nitrogens with one attached hydrogen (secondary N) is 1. The van der Waals surface area contributed by atoms with Gasteiger partial charge in [-0.3, -0.25) is 4.79 Å². The lowest BCUT2D eigenvalue weighted by Gasteiger charge is -2.31. The third kappa shape index (κ3) is 3.49. The van der Waals surface area contributed by atoms with Crippen LogP contribution >= 0.6 is 0 Å². The second-order valence-corrected chi connectivity index (χ2v) is 9.60. The molecule has 0 bridgehead atoms. The molecule has 0 saturated carbocycles. The number of carbonyl (C=O) groups excluding carboxylic acids is 1. The lowest BCUT2D eigenvalue weighted by molar-refractivity contribution is 0.0706. The fourth-order valence-electron chi connectivity index (χ4n) is 5.64. The number of piperidine rings is 1. The minimum Gasteiger partial charge on any atom is -0.497 e. The van der Waals surface area contributed by atoms with Gasteiger partial charge in [0.15, 0.2) is 5.69 Å². The van der Waals surface area contributed by atoms with Crippen molar-refractivity contribution >= 4 is 16.8 Å². The molecule has 174 valence electrons. The Hall–Kier alpha value is -3.54. The van der Waals surface area contributed by atoms with Crippen molar-refractivity contribution < 1.29 is 9.53 Å². The van der Waals surface area contributed by atoms with E-state index >= 15 is 0 Å². The fourth-order valence-corrected chi connectivity index (χ4v) is 5.64. The smallest absolute Gasteiger partial charge is 0.274 e. The van der Waals surface area contributed by atoms with Crippen molar-refractivity contribution in [2.24, 2.45) is 0 Å². The Bertz CT molecular complexity index is 1360. The van der Waals surface area contributed by atoms with Crippen LogP contribution in [0.1, 0.15) is 58.1 Å². The van der Waals surface area contributed by atoms with Gasteiger partial charge in [-0.05, 0) is 80.8 Å². The predicted octanol–water partition coefficient (Wildman–Crippen LogP) is 5.18. The molecule has 34 heavy (non-hydrogen) atoms. The number of benzene rings is 2. The molecule has 6 rings (SSSR count). The van der Waals surface area contributed by atoms with Crippen LogP contribution in [0, 0.1) is 6.92 Å². The summed E-state index contributed by atoms with van der Waals surface area (Å²) in [7, 11) is 1.70. The van der Waals surface area contributed by atoms with E-state index in [-0.39, 0.29) is 5.91 Å². The number of hydrogen-bond acceptors (Lipinski definition) is 3. The van der Waals surface area contributed by atoms with Crippen molar-refractivity contribution in [3.8, 4) is 11.4 Å². The highest BCUT2D eigenvalue weighted by Gasteiger charge is 2.32. The van der Waals surface area contributed by atoms with Crippen LogP contribution in [0.4, 0.5) is 0 Å². The number of amides is 1. The van der Waals surface area contributed by atoms with Gasteiger partial charge < -0.3 is 14.6 Å². The molecule has 2 aromatic heterocycles. The zero-order chi connectivity index (χ0) is 23.2. The van der Waals surface area contributed by atoms with Crippen LogP contribution in [0.25, 0.3) is 16.6 Å². The number of H-pyrrole nitrogens is 1. The summed E-state index contributed by atoms with van der Waals surface area (Å²) >= 11 is 0. The van der Waals surface area contributed by atoms with E-state index in [1.165, 1.54) is 22.2 Å². The molecular weight excluding hydrogens is 424 g/mol. The van der Waals surface area contributed by atoms with Crippen LogP contribution in [0.15, 0.2) is 48.7 Å². The van der Waals surface area contributed by atoms with Gasteiger partial charge in [-0.15, -0.1) is 0 Å². The molecule has 1 aliphatic carbocycles. The third-order valence-corrected chi connectivity index (χ3v) is 7.55. The molecule has 0 spiro atoms. The van der Waals surface area contributed by atoms with Gasteiger partial charge in [0.1, 0.15) is 5.75 Å². The van der Waals surface area contributed by atoms with E-state index in [0.717, 1.165) is 67.7 Å². The number of nitrogens with zero attached hydrogens (tertiary/aromatic N) is 3. The molecule has 2 aliphatic rings. The van der Waals surface area contributed by atoms with Crippen LogP contribution in [-0.2, 0) is 12.8 Å². The number of aromatic amines is 1. The predicted molar refractivity (Wildman–Crippen MR) is 133 cm³/mol. The first-order chi connectivity index (χ1) is 16.6. The average molecular weight is 455 g/mol. The molecule has 1 aliphatic heterocycles. The number of likely N-dealkylation sites (tertiary alicyclic amines) is 1. The molecule has 0 atom stereocenters. The number of aryl methyl sites for hydroxylation is 1. The minimum atomic E-state index is 0.0862. The number of fused-ring (bicyclic) bond motifs is 2. The van der Waals surface area contributed by atoms with E-state index in [2.05, 4.69) is 54.5 Å². The summed E-state index contributed by atoms with van der Waals surface area (Å²) in [5.41, 5.74) is 7.73. The zero-order valence-corrected chi connectivity index (χ0v) is 19.8. The Morgan fingerprint density at radius 3 is 2.65 bits per heavy atom. The molecule has 4 aromatic rings. The first-order valence-electron chi connectivity index (χ1n) is 12.2. The van der Waals surface area contributed by atoms with Crippen molar-refractivity contribution in [3.63, 3.8) is 0 Å². The quantitative estimate of drug-likeness (QED) is 0.462. The number of carbonyl (C=O) groups is 1. The molecule has 6 heteroatoms. The summed E-state index contributed by atoms with van der Waals surface area (Å²) in [5.74, 6) is 1.39. The van der Waals surface area contributed by atoms with Crippen LogP contribution in [0.3, 0.4) is 0 Å². The first-order valence-corrected chi connectivity index (χ1v) is 12.2. The second-order valence-electron chi connectivity index (χ2n) is 9.60. The minimum absolute atomic E-state index is 0.0862. The van der Waals surface area contributed by atoms with E-state index in [1.807, 2.05) is 15.6 Å². The van der Waals surface area contributed by atoms with Gasteiger partial charge in [-0.1, -0.05) is 17.7 Å². The van der Waals surface area contributed by atoms with E-state index < -0.39 is 0 Å². The average Bonchev–Trinajstić information content (AvgIpc) is 3.59. The van der Waals surface area contributed by atoms with Crippen LogP contribution in [0.2, 0.25) is 0 Å². The fraction of sp³-hybridized carbons (Fsp3) is 0.357. The summed E-state index contributed by atoms with van der Waals surface area (Å²) in [5, 5.41) is 6.06. The Morgan fingerprint density at radius 2 is 1.88 bits per heavy atom. The summed E-state index contributed by atoms with van der Waals surface area (Å²) in [4.78, 5) is 19.0. The molecule has 3 heterocycles. The standard InChI is InChI=1S/C28H30N4O2/c1-18-6-8-20(9-7-18)32-26-5-3-4-22(26)27(30-32)28(33)31-14-12-19(13-15-31)24-17-29-25-11-10-21(34-2)16-23(24)25/h6-11,16-17,19,29H,3-5,12-15H2,1-2H3. The van der Waals surface area contributed by atoms with Crippen LogP contribution < -0.4 is 4.74 Å². The molecule has 1 N–H and O–H groups in total. The van der Waals surface area contributed by atoms with Gasteiger partial charge in [0.25, 0.3) is 5.91 Å². The summed E-state index contributed by atoms with van der Waals surface area (Å²) in [6.45, 7) is 3.60. The maximum atomic E-state index is 13.6. The Morgan fingerprint density at radius 1 is 1.09 bits per heavy atom. The number of hydrogen-bond donors (Lipinski definition) is 1. The van der Waals surface area contributed by atoms with Gasteiger partial charge >= 0.3 is 0 Å². The number of methoxy groups -OCH3 is 1.